The predicted octanol–water partition coefficient (Wildman–Crippen LogP) is 1.68. The van der Waals surface area contributed by atoms with Gasteiger partial charge in [0.1, 0.15) is 18.7 Å². The summed E-state index contributed by atoms with van der Waals surface area (Å²) >= 11 is 0. The van der Waals surface area contributed by atoms with E-state index < -0.39 is 15.9 Å². The lowest BCUT2D eigenvalue weighted by Gasteiger charge is -2.33. The van der Waals surface area contributed by atoms with Crippen molar-refractivity contribution in [3.8, 4) is 5.69 Å². The highest BCUT2D eigenvalue weighted by Gasteiger charge is 2.32. The van der Waals surface area contributed by atoms with Crippen LogP contribution in [0.2, 0.25) is 0 Å². The molecule has 0 radical (unpaired) electrons. The monoisotopic (exact) mass is 411 g/mol. The SMILES string of the molecule is O=C(Nc1ccc(-n2cncn2)cc1)C(c1ccccc1)N1CCS(=O)(=O)CC1. The minimum absolute atomic E-state index is 0.0657. The van der Waals surface area contributed by atoms with Crippen LogP contribution in [0.3, 0.4) is 0 Å². The van der Waals surface area contributed by atoms with Gasteiger partial charge < -0.3 is 5.32 Å². The molecule has 8 nitrogen and oxygen atoms in total. The summed E-state index contributed by atoms with van der Waals surface area (Å²) < 4.78 is 25.2. The number of nitrogens with one attached hydrogen (secondary N) is 1. The molecule has 9 heteroatoms. The lowest BCUT2D eigenvalue weighted by molar-refractivity contribution is -0.121. The van der Waals surface area contributed by atoms with Crippen LogP contribution in [-0.4, -0.2) is 58.6 Å². The van der Waals surface area contributed by atoms with E-state index in [2.05, 4.69) is 15.4 Å². The van der Waals surface area contributed by atoms with E-state index in [0.717, 1.165) is 11.3 Å². The van der Waals surface area contributed by atoms with E-state index in [0.29, 0.717) is 18.8 Å². The third-order valence-electron chi connectivity index (χ3n) is 4.93. The first-order valence-electron chi connectivity index (χ1n) is 9.27. The molecule has 1 amide bonds. The molecule has 1 atom stereocenters. The number of rotatable bonds is 5. The number of carbonyl (C=O) groups is 1. The van der Waals surface area contributed by atoms with Crippen LogP contribution < -0.4 is 5.32 Å². The first-order valence-corrected chi connectivity index (χ1v) is 11.1. The van der Waals surface area contributed by atoms with E-state index in [4.69, 9.17) is 0 Å². The van der Waals surface area contributed by atoms with Crippen LogP contribution in [0.1, 0.15) is 11.6 Å². The topological polar surface area (TPSA) is 97.2 Å². The minimum Gasteiger partial charge on any atom is -0.324 e. The Morgan fingerprint density at radius 2 is 1.69 bits per heavy atom. The molecular formula is C20H21N5O3S. The maximum Gasteiger partial charge on any atom is 0.246 e. The third kappa shape index (κ3) is 4.52. The Bertz CT molecular complexity index is 1050. The Morgan fingerprint density at radius 3 is 2.31 bits per heavy atom. The molecule has 0 bridgehead atoms. The zero-order valence-corrected chi connectivity index (χ0v) is 16.5. The van der Waals surface area contributed by atoms with Crippen LogP contribution in [0, 0.1) is 0 Å². The molecule has 2 heterocycles. The van der Waals surface area contributed by atoms with Gasteiger partial charge in [0.2, 0.25) is 5.91 Å². The van der Waals surface area contributed by atoms with E-state index >= 15 is 0 Å². The molecule has 1 fully saturated rings. The van der Waals surface area contributed by atoms with E-state index in [1.165, 1.54) is 6.33 Å². The zero-order chi connectivity index (χ0) is 20.3. The molecule has 4 rings (SSSR count). The van der Waals surface area contributed by atoms with Crippen LogP contribution in [0.15, 0.2) is 67.3 Å². The average molecular weight is 411 g/mol. The highest BCUT2D eigenvalue weighted by Crippen LogP contribution is 2.25. The molecule has 1 saturated heterocycles. The van der Waals surface area contributed by atoms with Gasteiger partial charge in [-0.2, -0.15) is 5.10 Å². The number of nitrogens with zero attached hydrogens (tertiary/aromatic N) is 4. The zero-order valence-electron chi connectivity index (χ0n) is 15.7. The number of hydrogen-bond acceptors (Lipinski definition) is 6. The fourth-order valence-corrected chi connectivity index (χ4v) is 4.63. The Morgan fingerprint density at radius 1 is 1.00 bits per heavy atom. The number of sulfone groups is 1. The van der Waals surface area contributed by atoms with Gasteiger partial charge in [0.15, 0.2) is 9.84 Å². The van der Waals surface area contributed by atoms with Crippen molar-refractivity contribution in [2.24, 2.45) is 0 Å². The Kier molecular flexibility index (Phi) is 5.41. The van der Waals surface area contributed by atoms with Gasteiger partial charge >= 0.3 is 0 Å². The summed E-state index contributed by atoms with van der Waals surface area (Å²) in [6.45, 7) is 0.668. The lowest BCUT2D eigenvalue weighted by Crippen LogP contribution is -2.46. The van der Waals surface area contributed by atoms with Crippen molar-refractivity contribution in [1.29, 1.82) is 0 Å². The van der Waals surface area contributed by atoms with Crippen molar-refractivity contribution in [2.75, 3.05) is 29.9 Å². The van der Waals surface area contributed by atoms with Gasteiger partial charge in [-0.15, -0.1) is 0 Å². The molecular weight excluding hydrogens is 390 g/mol. The van der Waals surface area contributed by atoms with Gasteiger partial charge in [0.25, 0.3) is 0 Å². The molecule has 3 aromatic rings. The molecule has 1 aliphatic rings. The van der Waals surface area contributed by atoms with E-state index in [1.54, 1.807) is 23.1 Å². The van der Waals surface area contributed by atoms with E-state index in [1.807, 2.05) is 47.4 Å². The number of hydrogen-bond donors (Lipinski definition) is 1. The second-order valence-corrected chi connectivity index (χ2v) is 9.18. The summed E-state index contributed by atoms with van der Waals surface area (Å²) in [5, 5.41) is 7.04. The molecule has 150 valence electrons. The number of amides is 1. The van der Waals surface area contributed by atoms with Crippen molar-refractivity contribution in [1.82, 2.24) is 19.7 Å². The molecule has 1 unspecified atom stereocenters. The quantitative estimate of drug-likeness (QED) is 0.686. The fraction of sp³-hybridized carbons (Fsp3) is 0.250. The molecule has 1 N–H and O–H groups in total. The summed E-state index contributed by atoms with van der Waals surface area (Å²) in [5.74, 6) is -0.0594. The van der Waals surface area contributed by atoms with Crippen molar-refractivity contribution in [3.63, 3.8) is 0 Å². The van der Waals surface area contributed by atoms with Crippen molar-refractivity contribution in [2.45, 2.75) is 6.04 Å². The standard InChI is InChI=1S/C20H21N5O3S/c26-20(23-17-6-8-18(9-7-17)25-15-21-14-22-25)19(16-4-2-1-3-5-16)24-10-12-29(27,28)13-11-24/h1-9,14-15,19H,10-13H2,(H,23,26). The first-order chi connectivity index (χ1) is 14.0. The normalized spacial score (nSPS) is 17.5. The summed E-state index contributed by atoms with van der Waals surface area (Å²) in [4.78, 5) is 19.0. The van der Waals surface area contributed by atoms with Gasteiger partial charge in [0, 0.05) is 18.8 Å². The van der Waals surface area contributed by atoms with Gasteiger partial charge in [-0.25, -0.2) is 18.1 Å². The highest BCUT2D eigenvalue weighted by atomic mass is 32.2. The molecule has 0 spiro atoms. The van der Waals surface area contributed by atoms with Crippen LogP contribution in [0.5, 0.6) is 0 Å². The van der Waals surface area contributed by atoms with Crippen LogP contribution >= 0.6 is 0 Å². The van der Waals surface area contributed by atoms with Crippen molar-refractivity contribution >= 4 is 21.4 Å². The Hall–Kier alpha value is -3.04. The summed E-state index contributed by atoms with van der Waals surface area (Å²) in [7, 11) is -3.03. The molecule has 0 saturated carbocycles. The van der Waals surface area contributed by atoms with E-state index in [9.17, 15) is 13.2 Å². The van der Waals surface area contributed by atoms with Crippen LogP contribution in [0.4, 0.5) is 5.69 Å². The minimum atomic E-state index is -3.03. The molecule has 2 aromatic carbocycles. The highest BCUT2D eigenvalue weighted by molar-refractivity contribution is 7.91. The maximum absolute atomic E-state index is 13.2. The third-order valence-corrected chi connectivity index (χ3v) is 6.54. The number of benzene rings is 2. The fourth-order valence-electron chi connectivity index (χ4n) is 3.40. The molecule has 0 aliphatic carbocycles. The van der Waals surface area contributed by atoms with Crippen LogP contribution in [0.25, 0.3) is 5.69 Å². The van der Waals surface area contributed by atoms with Gasteiger partial charge in [-0.05, 0) is 29.8 Å². The summed E-state index contributed by atoms with van der Waals surface area (Å²) in [6.07, 6.45) is 3.06. The average Bonchev–Trinajstić information content (AvgIpc) is 3.26. The van der Waals surface area contributed by atoms with Crippen LogP contribution in [-0.2, 0) is 14.6 Å². The van der Waals surface area contributed by atoms with Crippen molar-refractivity contribution in [3.05, 3.63) is 72.8 Å². The molecule has 1 aliphatic heterocycles. The number of anilines is 1. The maximum atomic E-state index is 13.2. The second-order valence-electron chi connectivity index (χ2n) is 6.88. The Labute approximate surface area is 169 Å². The number of carbonyl (C=O) groups excluding carboxylic acids is 1. The van der Waals surface area contributed by atoms with Gasteiger partial charge in [-0.1, -0.05) is 30.3 Å². The smallest absolute Gasteiger partial charge is 0.246 e. The second kappa shape index (κ2) is 8.14. The largest absolute Gasteiger partial charge is 0.324 e. The van der Waals surface area contributed by atoms with Gasteiger partial charge in [0.05, 0.1) is 17.2 Å². The predicted molar refractivity (Wildman–Crippen MR) is 109 cm³/mol. The van der Waals surface area contributed by atoms with Crippen molar-refractivity contribution < 1.29 is 13.2 Å². The summed E-state index contributed by atoms with van der Waals surface area (Å²) in [5.41, 5.74) is 2.33. The van der Waals surface area contributed by atoms with Gasteiger partial charge in [-0.3, -0.25) is 9.69 Å². The first kappa shape index (κ1) is 19.3. The Balaban J connectivity index is 1.54. The van der Waals surface area contributed by atoms with E-state index in [-0.39, 0.29) is 17.4 Å². The molecule has 1 aromatic heterocycles. The lowest BCUT2D eigenvalue weighted by atomic mass is 10.0. The number of aromatic nitrogens is 3. The summed E-state index contributed by atoms with van der Waals surface area (Å²) in [6, 6.07) is 16.2. The molecule has 29 heavy (non-hydrogen) atoms.